The van der Waals surface area contributed by atoms with Gasteiger partial charge in [0, 0.05) is 24.4 Å². The van der Waals surface area contributed by atoms with Gasteiger partial charge in [-0.05, 0) is 49.1 Å². The molecule has 152 valence electrons. The van der Waals surface area contributed by atoms with Crippen LogP contribution in [0.1, 0.15) is 83.6 Å². The summed E-state index contributed by atoms with van der Waals surface area (Å²) in [5.74, 6) is 1.11. The number of hydrogen-bond acceptors (Lipinski definition) is 4. The van der Waals surface area contributed by atoms with Gasteiger partial charge in [0.15, 0.2) is 5.82 Å². The number of esters is 1. The molecule has 0 aliphatic rings. The van der Waals surface area contributed by atoms with Crippen LogP contribution in [0.2, 0.25) is 0 Å². The molecule has 0 amide bonds. The smallest absolute Gasteiger partial charge is 0.311 e. The zero-order chi connectivity index (χ0) is 20.0. The number of benzene rings is 1. The molecule has 0 bridgehead atoms. The molecular formula is C24H34N2O2. The number of aryl methyl sites for hydroxylation is 1. The minimum atomic E-state index is -0.170. The first-order chi connectivity index (χ1) is 13.7. The Balaban J connectivity index is 1.79. The van der Waals surface area contributed by atoms with Gasteiger partial charge < -0.3 is 4.74 Å². The van der Waals surface area contributed by atoms with Crippen molar-refractivity contribution in [1.29, 1.82) is 0 Å². The third-order valence-electron chi connectivity index (χ3n) is 4.85. The summed E-state index contributed by atoms with van der Waals surface area (Å²) in [7, 11) is 0. The second-order valence-corrected chi connectivity index (χ2v) is 7.39. The molecule has 0 spiro atoms. The normalized spacial score (nSPS) is 10.8. The summed E-state index contributed by atoms with van der Waals surface area (Å²) in [5.41, 5.74) is 2.12. The highest BCUT2D eigenvalue weighted by molar-refractivity contribution is 5.72. The van der Waals surface area contributed by atoms with E-state index in [9.17, 15) is 4.79 Å². The molecular weight excluding hydrogens is 348 g/mol. The molecule has 2 rings (SSSR count). The van der Waals surface area contributed by atoms with E-state index in [0.29, 0.717) is 18.0 Å². The molecule has 1 heterocycles. The van der Waals surface area contributed by atoms with Crippen LogP contribution in [0.3, 0.4) is 0 Å². The Kier molecular flexibility index (Phi) is 10.3. The first-order valence-corrected chi connectivity index (χ1v) is 10.8. The van der Waals surface area contributed by atoms with Crippen LogP contribution in [0.5, 0.6) is 5.75 Å². The molecule has 0 saturated carbocycles. The maximum atomic E-state index is 11.8. The van der Waals surface area contributed by atoms with E-state index in [4.69, 9.17) is 4.74 Å². The summed E-state index contributed by atoms with van der Waals surface area (Å²) in [5, 5.41) is 0. The molecule has 0 radical (unpaired) electrons. The van der Waals surface area contributed by atoms with Crippen molar-refractivity contribution in [3.05, 3.63) is 42.2 Å². The molecule has 0 aliphatic heterocycles. The van der Waals surface area contributed by atoms with E-state index in [1.54, 1.807) is 12.1 Å². The lowest BCUT2D eigenvalue weighted by molar-refractivity contribution is -0.134. The van der Waals surface area contributed by atoms with Crippen LogP contribution in [0.25, 0.3) is 11.4 Å². The van der Waals surface area contributed by atoms with Crippen LogP contribution < -0.4 is 4.74 Å². The summed E-state index contributed by atoms with van der Waals surface area (Å²) < 4.78 is 5.37. The minimum Gasteiger partial charge on any atom is -0.427 e. The quantitative estimate of drug-likeness (QED) is 0.224. The highest BCUT2D eigenvalue weighted by Crippen LogP contribution is 2.20. The fourth-order valence-electron chi connectivity index (χ4n) is 3.12. The summed E-state index contributed by atoms with van der Waals surface area (Å²) in [6.45, 7) is 4.36. The van der Waals surface area contributed by atoms with Gasteiger partial charge in [-0.25, -0.2) is 9.97 Å². The molecule has 0 unspecified atom stereocenters. The summed E-state index contributed by atoms with van der Waals surface area (Å²) in [6.07, 6.45) is 16.2. The number of rotatable bonds is 13. The Morgan fingerprint density at radius 1 is 0.821 bits per heavy atom. The van der Waals surface area contributed by atoms with Crippen molar-refractivity contribution < 1.29 is 9.53 Å². The van der Waals surface area contributed by atoms with Gasteiger partial charge in [0.1, 0.15) is 5.75 Å². The molecule has 0 atom stereocenters. The van der Waals surface area contributed by atoms with E-state index in [2.05, 4.69) is 23.8 Å². The van der Waals surface area contributed by atoms with Gasteiger partial charge in [-0.3, -0.25) is 4.79 Å². The van der Waals surface area contributed by atoms with Gasteiger partial charge in [-0.1, -0.05) is 58.8 Å². The summed E-state index contributed by atoms with van der Waals surface area (Å²) >= 11 is 0. The number of carbonyl (C=O) groups excluding carboxylic acids is 1. The maximum absolute atomic E-state index is 11.8. The minimum absolute atomic E-state index is 0.170. The number of ether oxygens (including phenoxy) is 1. The van der Waals surface area contributed by atoms with E-state index >= 15 is 0 Å². The molecule has 1 aromatic heterocycles. The Morgan fingerprint density at radius 3 is 2.11 bits per heavy atom. The number of hydrogen-bond donors (Lipinski definition) is 0. The third kappa shape index (κ3) is 8.20. The van der Waals surface area contributed by atoms with Crippen molar-refractivity contribution in [2.45, 2.75) is 84.5 Å². The van der Waals surface area contributed by atoms with Crippen LogP contribution in [0.15, 0.2) is 36.7 Å². The fraction of sp³-hybridized carbons (Fsp3) is 0.542. The van der Waals surface area contributed by atoms with E-state index in [1.165, 1.54) is 44.1 Å². The number of unbranched alkanes of at least 4 members (excludes halogenated alkanes) is 7. The molecule has 4 heteroatoms. The molecule has 0 aliphatic carbocycles. The Bertz CT molecular complexity index is 681. The number of aromatic nitrogens is 2. The van der Waals surface area contributed by atoms with Crippen molar-refractivity contribution in [3.63, 3.8) is 0 Å². The number of nitrogens with zero attached hydrogens (tertiary/aromatic N) is 2. The zero-order valence-corrected chi connectivity index (χ0v) is 17.5. The molecule has 0 saturated heterocycles. The molecule has 4 nitrogen and oxygen atoms in total. The third-order valence-corrected chi connectivity index (χ3v) is 4.85. The largest absolute Gasteiger partial charge is 0.427 e. The van der Waals surface area contributed by atoms with Gasteiger partial charge in [-0.15, -0.1) is 0 Å². The molecule has 0 N–H and O–H groups in total. The molecule has 0 fully saturated rings. The predicted octanol–water partition coefficient (Wildman–Crippen LogP) is 6.53. The first kappa shape index (κ1) is 22.1. The van der Waals surface area contributed by atoms with Crippen LogP contribution in [-0.2, 0) is 11.2 Å². The van der Waals surface area contributed by atoms with Crippen LogP contribution in [-0.4, -0.2) is 15.9 Å². The van der Waals surface area contributed by atoms with Gasteiger partial charge in [0.25, 0.3) is 0 Å². The van der Waals surface area contributed by atoms with Crippen LogP contribution >= 0.6 is 0 Å². The SMILES string of the molecule is CCCCCCCCc1cnc(-c2ccc(OC(=O)CCCCC)cc2)nc1. The van der Waals surface area contributed by atoms with E-state index in [1.807, 2.05) is 24.5 Å². The molecule has 28 heavy (non-hydrogen) atoms. The lowest BCUT2D eigenvalue weighted by Gasteiger charge is -2.06. The first-order valence-electron chi connectivity index (χ1n) is 10.8. The van der Waals surface area contributed by atoms with Crippen molar-refractivity contribution in [2.75, 3.05) is 0 Å². The fourth-order valence-corrected chi connectivity index (χ4v) is 3.12. The Labute approximate surface area is 169 Å². The highest BCUT2D eigenvalue weighted by atomic mass is 16.5. The lowest BCUT2D eigenvalue weighted by Crippen LogP contribution is -2.07. The van der Waals surface area contributed by atoms with E-state index < -0.39 is 0 Å². The molecule has 2 aromatic rings. The van der Waals surface area contributed by atoms with Crippen molar-refractivity contribution >= 4 is 5.97 Å². The van der Waals surface area contributed by atoms with Crippen molar-refractivity contribution in [3.8, 4) is 17.1 Å². The second kappa shape index (κ2) is 13.0. The molecule has 1 aromatic carbocycles. The van der Waals surface area contributed by atoms with Crippen LogP contribution in [0.4, 0.5) is 0 Å². The zero-order valence-electron chi connectivity index (χ0n) is 17.5. The predicted molar refractivity (Wildman–Crippen MR) is 114 cm³/mol. The lowest BCUT2D eigenvalue weighted by atomic mass is 10.1. The summed E-state index contributed by atoms with van der Waals surface area (Å²) in [6, 6.07) is 7.41. The van der Waals surface area contributed by atoms with Gasteiger partial charge in [0.05, 0.1) is 0 Å². The average Bonchev–Trinajstić information content (AvgIpc) is 2.72. The average molecular weight is 383 g/mol. The van der Waals surface area contributed by atoms with Gasteiger partial charge in [-0.2, -0.15) is 0 Å². The van der Waals surface area contributed by atoms with Crippen LogP contribution in [0, 0.1) is 0 Å². The van der Waals surface area contributed by atoms with Crippen molar-refractivity contribution in [2.24, 2.45) is 0 Å². The highest BCUT2D eigenvalue weighted by Gasteiger charge is 2.06. The van der Waals surface area contributed by atoms with E-state index in [-0.39, 0.29) is 5.97 Å². The van der Waals surface area contributed by atoms with Gasteiger partial charge >= 0.3 is 5.97 Å². The topological polar surface area (TPSA) is 52.1 Å². The van der Waals surface area contributed by atoms with E-state index in [0.717, 1.165) is 31.2 Å². The number of carbonyl (C=O) groups is 1. The van der Waals surface area contributed by atoms with Gasteiger partial charge in [0.2, 0.25) is 0 Å². The standard InChI is InChI=1S/C24H34N2O2/c1-3-5-7-8-9-11-12-20-18-25-24(26-19-20)21-14-16-22(17-15-21)28-23(27)13-10-6-4-2/h14-19H,3-13H2,1-2H3. The monoisotopic (exact) mass is 382 g/mol. The summed E-state index contributed by atoms with van der Waals surface area (Å²) in [4.78, 5) is 20.8. The Hall–Kier alpha value is -2.23. The Morgan fingerprint density at radius 2 is 1.43 bits per heavy atom. The maximum Gasteiger partial charge on any atom is 0.311 e. The second-order valence-electron chi connectivity index (χ2n) is 7.39. The van der Waals surface area contributed by atoms with Crippen molar-refractivity contribution in [1.82, 2.24) is 9.97 Å².